The minimum absolute atomic E-state index is 0.0278. The molecule has 0 radical (unpaired) electrons. The van der Waals surface area contributed by atoms with Crippen LogP contribution in [0.4, 0.5) is 0 Å². The summed E-state index contributed by atoms with van der Waals surface area (Å²) in [4.78, 5) is 12.2. The van der Waals surface area contributed by atoms with Gasteiger partial charge in [0.15, 0.2) is 5.78 Å². The van der Waals surface area contributed by atoms with Gasteiger partial charge >= 0.3 is 0 Å². The van der Waals surface area contributed by atoms with Gasteiger partial charge in [0.2, 0.25) is 0 Å². The van der Waals surface area contributed by atoms with E-state index >= 15 is 0 Å². The summed E-state index contributed by atoms with van der Waals surface area (Å²) < 4.78 is 15.7. The predicted octanol–water partition coefficient (Wildman–Crippen LogP) is 2.33. The Balaban J connectivity index is 2.31. The summed E-state index contributed by atoms with van der Waals surface area (Å²) >= 11 is 0. The lowest BCUT2D eigenvalue weighted by Gasteiger charge is -2.15. The third-order valence-corrected chi connectivity index (χ3v) is 2.70. The van der Waals surface area contributed by atoms with Crippen LogP contribution in [0.15, 0.2) is 30.3 Å². The number of hydrogen-bond donors (Lipinski definition) is 0. The lowest BCUT2D eigenvalue weighted by Crippen LogP contribution is -2.25. The topological polar surface area (TPSA) is 44.8 Å². The number of hydrogen-bond acceptors (Lipinski definition) is 4. The van der Waals surface area contributed by atoms with Gasteiger partial charge in [0.25, 0.3) is 0 Å². The SMILES string of the molecule is CCC(OCCOCCOC)C(=O)c1ccccc1. The molecular weight excluding hydrogens is 244 g/mol. The maximum absolute atomic E-state index is 12.2. The molecule has 0 fully saturated rings. The Labute approximate surface area is 114 Å². The summed E-state index contributed by atoms with van der Waals surface area (Å²) in [5, 5.41) is 0. The standard InChI is InChI=1S/C15H22O4/c1-3-14(19-12-11-18-10-9-17-2)15(16)13-7-5-4-6-8-13/h4-8,14H,3,9-12H2,1-2H3. The molecule has 0 spiro atoms. The molecule has 4 heteroatoms. The van der Waals surface area contributed by atoms with Crippen molar-refractivity contribution in [3.63, 3.8) is 0 Å². The summed E-state index contributed by atoms with van der Waals surface area (Å²) in [6, 6.07) is 9.22. The van der Waals surface area contributed by atoms with Crippen molar-refractivity contribution in [2.45, 2.75) is 19.4 Å². The average Bonchev–Trinajstić information content (AvgIpc) is 2.47. The van der Waals surface area contributed by atoms with Gasteiger partial charge in [-0.15, -0.1) is 0 Å². The Morgan fingerprint density at radius 3 is 2.42 bits per heavy atom. The largest absolute Gasteiger partial charge is 0.382 e. The van der Waals surface area contributed by atoms with E-state index in [2.05, 4.69) is 0 Å². The molecule has 1 unspecified atom stereocenters. The zero-order valence-electron chi connectivity index (χ0n) is 11.6. The van der Waals surface area contributed by atoms with Crippen molar-refractivity contribution in [3.05, 3.63) is 35.9 Å². The second-order valence-corrected chi connectivity index (χ2v) is 4.10. The number of carbonyl (C=O) groups excluding carboxylic acids is 1. The van der Waals surface area contributed by atoms with Crippen molar-refractivity contribution in [1.82, 2.24) is 0 Å². The Morgan fingerprint density at radius 2 is 1.79 bits per heavy atom. The van der Waals surface area contributed by atoms with Gasteiger partial charge in [0.05, 0.1) is 26.4 Å². The number of ketones is 1. The van der Waals surface area contributed by atoms with Crippen LogP contribution in [0, 0.1) is 0 Å². The lowest BCUT2D eigenvalue weighted by atomic mass is 10.0. The highest BCUT2D eigenvalue weighted by atomic mass is 16.5. The summed E-state index contributed by atoms with van der Waals surface area (Å²) in [7, 11) is 1.63. The Kier molecular flexibility index (Phi) is 8.05. The van der Waals surface area contributed by atoms with Gasteiger partial charge < -0.3 is 14.2 Å². The molecule has 1 atom stereocenters. The van der Waals surface area contributed by atoms with E-state index in [0.717, 1.165) is 0 Å². The highest BCUT2D eigenvalue weighted by molar-refractivity contribution is 5.99. The molecular formula is C15H22O4. The molecule has 1 aromatic rings. The zero-order valence-corrected chi connectivity index (χ0v) is 11.6. The number of benzene rings is 1. The number of methoxy groups -OCH3 is 1. The Morgan fingerprint density at radius 1 is 1.11 bits per heavy atom. The van der Waals surface area contributed by atoms with Gasteiger partial charge in [0.1, 0.15) is 6.10 Å². The van der Waals surface area contributed by atoms with Crippen molar-refractivity contribution in [1.29, 1.82) is 0 Å². The fourth-order valence-corrected chi connectivity index (χ4v) is 1.66. The van der Waals surface area contributed by atoms with E-state index < -0.39 is 6.10 Å². The molecule has 106 valence electrons. The first-order valence-corrected chi connectivity index (χ1v) is 6.57. The van der Waals surface area contributed by atoms with Gasteiger partial charge in [-0.25, -0.2) is 0 Å². The highest BCUT2D eigenvalue weighted by Gasteiger charge is 2.18. The maximum Gasteiger partial charge on any atom is 0.191 e. The van der Waals surface area contributed by atoms with Gasteiger partial charge in [-0.1, -0.05) is 37.3 Å². The molecule has 0 aliphatic carbocycles. The quantitative estimate of drug-likeness (QED) is 0.481. The van der Waals surface area contributed by atoms with Crippen LogP contribution in [-0.4, -0.2) is 45.4 Å². The molecule has 4 nitrogen and oxygen atoms in total. The Hall–Kier alpha value is -1.23. The molecule has 0 saturated carbocycles. The minimum atomic E-state index is -0.395. The van der Waals surface area contributed by atoms with Crippen molar-refractivity contribution < 1.29 is 19.0 Å². The molecule has 0 saturated heterocycles. The summed E-state index contributed by atoms with van der Waals surface area (Å²) in [5.74, 6) is 0.0278. The number of rotatable bonds is 10. The molecule has 0 aliphatic rings. The van der Waals surface area contributed by atoms with Crippen LogP contribution in [-0.2, 0) is 14.2 Å². The molecule has 1 aromatic carbocycles. The second-order valence-electron chi connectivity index (χ2n) is 4.10. The van der Waals surface area contributed by atoms with Crippen LogP contribution >= 0.6 is 0 Å². The molecule has 0 amide bonds. The van der Waals surface area contributed by atoms with Crippen molar-refractivity contribution in [3.8, 4) is 0 Å². The van der Waals surface area contributed by atoms with Gasteiger partial charge in [-0.3, -0.25) is 4.79 Å². The number of Topliss-reactive ketones (excluding diaryl/α,β-unsaturated/α-hetero) is 1. The molecule has 0 heterocycles. The number of ether oxygens (including phenoxy) is 3. The molecule has 0 N–H and O–H groups in total. The smallest absolute Gasteiger partial charge is 0.191 e. The fourth-order valence-electron chi connectivity index (χ4n) is 1.66. The van der Waals surface area contributed by atoms with Gasteiger partial charge in [-0.2, -0.15) is 0 Å². The first-order chi connectivity index (χ1) is 9.29. The molecule has 19 heavy (non-hydrogen) atoms. The van der Waals surface area contributed by atoms with E-state index in [1.807, 2.05) is 37.3 Å². The van der Waals surface area contributed by atoms with Crippen molar-refractivity contribution >= 4 is 5.78 Å². The second kappa shape index (κ2) is 9.67. The van der Waals surface area contributed by atoms with E-state index in [4.69, 9.17) is 14.2 Å². The van der Waals surface area contributed by atoms with Crippen LogP contribution in [0.2, 0.25) is 0 Å². The summed E-state index contributed by atoms with van der Waals surface area (Å²) in [6.07, 6.45) is 0.264. The summed E-state index contributed by atoms with van der Waals surface area (Å²) in [6.45, 7) is 3.95. The normalized spacial score (nSPS) is 12.3. The molecule has 0 aromatic heterocycles. The maximum atomic E-state index is 12.2. The Bertz CT molecular complexity index is 350. The summed E-state index contributed by atoms with van der Waals surface area (Å²) in [5.41, 5.74) is 0.689. The van der Waals surface area contributed by atoms with Crippen LogP contribution in [0.25, 0.3) is 0 Å². The van der Waals surface area contributed by atoms with E-state index in [0.29, 0.717) is 38.4 Å². The van der Waals surface area contributed by atoms with Crippen LogP contribution in [0.5, 0.6) is 0 Å². The average molecular weight is 266 g/mol. The van der Waals surface area contributed by atoms with Crippen molar-refractivity contribution in [2.75, 3.05) is 33.5 Å². The van der Waals surface area contributed by atoms with Crippen LogP contribution in [0.1, 0.15) is 23.7 Å². The van der Waals surface area contributed by atoms with Crippen LogP contribution in [0.3, 0.4) is 0 Å². The minimum Gasteiger partial charge on any atom is -0.382 e. The van der Waals surface area contributed by atoms with Gasteiger partial charge in [0, 0.05) is 12.7 Å². The van der Waals surface area contributed by atoms with E-state index in [-0.39, 0.29) is 5.78 Å². The zero-order chi connectivity index (χ0) is 13.9. The van der Waals surface area contributed by atoms with Gasteiger partial charge in [-0.05, 0) is 6.42 Å². The fraction of sp³-hybridized carbons (Fsp3) is 0.533. The number of carbonyl (C=O) groups is 1. The van der Waals surface area contributed by atoms with Crippen molar-refractivity contribution in [2.24, 2.45) is 0 Å². The third-order valence-electron chi connectivity index (χ3n) is 2.70. The van der Waals surface area contributed by atoms with E-state index in [1.165, 1.54) is 0 Å². The van der Waals surface area contributed by atoms with Crippen LogP contribution < -0.4 is 0 Å². The lowest BCUT2D eigenvalue weighted by molar-refractivity contribution is -0.00212. The van der Waals surface area contributed by atoms with E-state index in [9.17, 15) is 4.79 Å². The highest BCUT2D eigenvalue weighted by Crippen LogP contribution is 2.09. The molecule has 0 aliphatic heterocycles. The first-order valence-electron chi connectivity index (χ1n) is 6.57. The monoisotopic (exact) mass is 266 g/mol. The third kappa shape index (κ3) is 5.96. The molecule has 1 rings (SSSR count). The van der Waals surface area contributed by atoms with E-state index in [1.54, 1.807) is 7.11 Å². The predicted molar refractivity (Wildman–Crippen MR) is 73.5 cm³/mol. The first kappa shape index (κ1) is 15.8. The molecule has 0 bridgehead atoms.